The molecule has 0 saturated carbocycles. The number of ether oxygens (including phenoxy) is 2. The van der Waals surface area contributed by atoms with Crippen molar-refractivity contribution >= 4 is 12.1 Å². The molecule has 0 aromatic heterocycles. The highest BCUT2D eigenvalue weighted by Crippen LogP contribution is 2.18. The fraction of sp³-hybridized carbons (Fsp3) is 0.556. The Labute approximate surface area is 153 Å². The van der Waals surface area contributed by atoms with Crippen molar-refractivity contribution in [3.05, 3.63) is 35.4 Å². The van der Waals surface area contributed by atoms with Crippen LogP contribution in [0.3, 0.4) is 0 Å². The van der Waals surface area contributed by atoms with E-state index in [9.17, 15) is 9.59 Å². The summed E-state index contributed by atoms with van der Waals surface area (Å²) in [5, 5.41) is 8.87. The Balaban J connectivity index is 1.66. The number of amides is 4. The van der Waals surface area contributed by atoms with E-state index in [0.717, 1.165) is 11.1 Å². The highest BCUT2D eigenvalue weighted by Gasteiger charge is 2.37. The summed E-state index contributed by atoms with van der Waals surface area (Å²) in [6, 6.07) is 6.96. The summed E-state index contributed by atoms with van der Waals surface area (Å²) in [5.74, 6) is 0. The molecule has 8 heteroatoms. The van der Waals surface area contributed by atoms with Gasteiger partial charge in [0, 0.05) is 26.4 Å². The Bertz CT molecular complexity index is 630. The van der Waals surface area contributed by atoms with E-state index in [-0.39, 0.29) is 12.1 Å². The molecule has 0 unspecified atom stereocenters. The maximum absolute atomic E-state index is 12.5. The van der Waals surface area contributed by atoms with Gasteiger partial charge in [0.2, 0.25) is 0 Å². The van der Waals surface area contributed by atoms with Crippen LogP contribution >= 0.6 is 0 Å². The number of nitrogens with zero attached hydrogens (tertiary/aromatic N) is 1. The van der Waals surface area contributed by atoms with Gasteiger partial charge in [-0.2, -0.15) is 0 Å². The molecule has 2 fully saturated rings. The van der Waals surface area contributed by atoms with E-state index in [2.05, 4.69) is 22.0 Å². The topological polar surface area (TPSA) is 91.9 Å². The third-order valence-electron chi connectivity index (χ3n) is 4.67. The zero-order valence-corrected chi connectivity index (χ0v) is 15.2. The quantitative estimate of drug-likeness (QED) is 0.713. The van der Waals surface area contributed by atoms with E-state index < -0.39 is 18.4 Å². The van der Waals surface area contributed by atoms with Crippen molar-refractivity contribution in [1.82, 2.24) is 20.9 Å². The molecule has 0 radical (unpaired) electrons. The van der Waals surface area contributed by atoms with Crippen LogP contribution in [0.4, 0.5) is 9.59 Å². The first kappa shape index (κ1) is 18.6. The molecule has 26 heavy (non-hydrogen) atoms. The maximum atomic E-state index is 12.5. The number of benzene rings is 1. The molecule has 142 valence electrons. The SMILES string of the molecule is COC[C@H](NC1NC(=O)N(C2CCOCC2)C(=O)N1)c1cccc(C)c1. The Morgan fingerprint density at radius 3 is 2.58 bits per heavy atom. The number of urea groups is 2. The Morgan fingerprint density at radius 2 is 1.96 bits per heavy atom. The third-order valence-corrected chi connectivity index (χ3v) is 4.67. The first-order valence-corrected chi connectivity index (χ1v) is 8.88. The molecule has 0 spiro atoms. The minimum Gasteiger partial charge on any atom is -0.383 e. The van der Waals surface area contributed by atoms with Crippen LogP contribution in [0.5, 0.6) is 0 Å². The second-order valence-electron chi connectivity index (χ2n) is 6.63. The van der Waals surface area contributed by atoms with E-state index >= 15 is 0 Å². The highest BCUT2D eigenvalue weighted by atomic mass is 16.5. The van der Waals surface area contributed by atoms with Crippen molar-refractivity contribution < 1.29 is 19.1 Å². The zero-order valence-electron chi connectivity index (χ0n) is 15.2. The third kappa shape index (κ3) is 4.32. The molecule has 2 aliphatic rings. The van der Waals surface area contributed by atoms with Crippen molar-refractivity contribution in [2.24, 2.45) is 0 Å². The van der Waals surface area contributed by atoms with E-state index in [1.807, 2.05) is 25.1 Å². The van der Waals surface area contributed by atoms with Crippen molar-refractivity contribution in [3.63, 3.8) is 0 Å². The number of aryl methyl sites for hydroxylation is 1. The van der Waals surface area contributed by atoms with E-state index in [0.29, 0.717) is 32.7 Å². The molecule has 4 amide bonds. The number of nitrogens with one attached hydrogen (secondary N) is 3. The van der Waals surface area contributed by atoms with E-state index in [4.69, 9.17) is 9.47 Å². The standard InChI is InChI=1S/C18H26N4O4/c1-12-4-3-5-13(10-12)15(11-25-2)19-16-20-17(23)22(18(24)21-16)14-6-8-26-9-7-14/h3-5,10,14-16,19H,6-9,11H2,1-2H3,(H,20,23)(H,21,24)/t15-/m0/s1. The van der Waals surface area contributed by atoms with Crippen molar-refractivity contribution in [3.8, 4) is 0 Å². The highest BCUT2D eigenvalue weighted by molar-refractivity contribution is 5.96. The summed E-state index contributed by atoms with van der Waals surface area (Å²) in [6.07, 6.45) is 0.662. The lowest BCUT2D eigenvalue weighted by atomic mass is 10.0. The Hall–Kier alpha value is -2.16. The monoisotopic (exact) mass is 362 g/mol. The van der Waals surface area contributed by atoms with Gasteiger partial charge in [-0.05, 0) is 25.3 Å². The summed E-state index contributed by atoms with van der Waals surface area (Å²) in [7, 11) is 1.62. The summed E-state index contributed by atoms with van der Waals surface area (Å²) in [5.41, 5.74) is 2.16. The second-order valence-corrected chi connectivity index (χ2v) is 6.63. The second kappa shape index (κ2) is 8.48. The van der Waals surface area contributed by atoms with Gasteiger partial charge in [-0.1, -0.05) is 29.8 Å². The number of hydrogen-bond acceptors (Lipinski definition) is 5. The lowest BCUT2D eigenvalue weighted by Crippen LogP contribution is -2.70. The maximum Gasteiger partial charge on any atom is 0.328 e. The molecule has 2 saturated heterocycles. The molecule has 0 bridgehead atoms. The first-order valence-electron chi connectivity index (χ1n) is 8.88. The minimum atomic E-state index is -0.660. The minimum absolute atomic E-state index is 0.128. The molecule has 1 aromatic carbocycles. The van der Waals surface area contributed by atoms with Crippen LogP contribution < -0.4 is 16.0 Å². The van der Waals surface area contributed by atoms with Gasteiger partial charge in [-0.3, -0.25) is 5.32 Å². The van der Waals surface area contributed by atoms with Crippen molar-refractivity contribution in [2.45, 2.75) is 38.1 Å². The predicted molar refractivity (Wildman–Crippen MR) is 95.5 cm³/mol. The number of carbonyl (C=O) groups is 2. The first-order chi connectivity index (χ1) is 12.6. The molecule has 1 atom stereocenters. The molecule has 0 aliphatic carbocycles. The van der Waals surface area contributed by atoms with Crippen LogP contribution in [-0.2, 0) is 9.47 Å². The van der Waals surface area contributed by atoms with Crippen LogP contribution in [0.15, 0.2) is 24.3 Å². The molecule has 2 aliphatic heterocycles. The smallest absolute Gasteiger partial charge is 0.328 e. The van der Waals surface area contributed by atoms with Crippen molar-refractivity contribution in [1.29, 1.82) is 0 Å². The average Bonchev–Trinajstić information content (AvgIpc) is 2.62. The van der Waals surface area contributed by atoms with Crippen LogP contribution in [0.25, 0.3) is 0 Å². The van der Waals surface area contributed by atoms with Gasteiger partial charge in [0.15, 0.2) is 6.29 Å². The fourth-order valence-corrected chi connectivity index (χ4v) is 3.37. The summed E-state index contributed by atoms with van der Waals surface area (Å²) >= 11 is 0. The van der Waals surface area contributed by atoms with Gasteiger partial charge < -0.3 is 20.1 Å². The average molecular weight is 362 g/mol. The van der Waals surface area contributed by atoms with Gasteiger partial charge in [0.05, 0.1) is 12.6 Å². The number of imide groups is 1. The molecule has 2 heterocycles. The molecule has 3 rings (SSSR count). The lowest BCUT2D eigenvalue weighted by molar-refractivity contribution is 0.0485. The van der Waals surface area contributed by atoms with E-state index in [1.54, 1.807) is 7.11 Å². The number of hydrogen-bond donors (Lipinski definition) is 3. The summed E-state index contributed by atoms with van der Waals surface area (Å²) in [6.45, 7) is 3.55. The molecular formula is C18H26N4O4. The zero-order chi connectivity index (χ0) is 18.5. The predicted octanol–water partition coefficient (Wildman–Crippen LogP) is 1.47. The van der Waals surface area contributed by atoms with Crippen LogP contribution in [0.2, 0.25) is 0 Å². The van der Waals surface area contributed by atoms with Gasteiger partial charge in [0.25, 0.3) is 0 Å². The van der Waals surface area contributed by atoms with Gasteiger partial charge in [0.1, 0.15) is 0 Å². The van der Waals surface area contributed by atoms with Gasteiger partial charge in [-0.25, -0.2) is 14.5 Å². The van der Waals surface area contributed by atoms with Crippen LogP contribution in [-0.4, -0.2) is 56.2 Å². The van der Waals surface area contributed by atoms with Gasteiger partial charge in [-0.15, -0.1) is 0 Å². The fourth-order valence-electron chi connectivity index (χ4n) is 3.37. The number of carbonyl (C=O) groups excluding carboxylic acids is 2. The lowest BCUT2D eigenvalue weighted by Gasteiger charge is -2.39. The molecule has 8 nitrogen and oxygen atoms in total. The normalized spacial score (nSPS) is 20.6. The number of methoxy groups -OCH3 is 1. The molecule has 3 N–H and O–H groups in total. The van der Waals surface area contributed by atoms with Crippen LogP contribution in [0.1, 0.15) is 30.0 Å². The summed E-state index contributed by atoms with van der Waals surface area (Å²) < 4.78 is 10.6. The largest absolute Gasteiger partial charge is 0.383 e. The van der Waals surface area contributed by atoms with Gasteiger partial charge >= 0.3 is 12.1 Å². The molecule has 1 aromatic rings. The summed E-state index contributed by atoms with van der Waals surface area (Å²) in [4.78, 5) is 26.2. The van der Waals surface area contributed by atoms with E-state index in [1.165, 1.54) is 4.90 Å². The Morgan fingerprint density at radius 1 is 1.27 bits per heavy atom. The Kier molecular flexibility index (Phi) is 6.08. The number of rotatable bonds is 6. The van der Waals surface area contributed by atoms with Crippen molar-refractivity contribution in [2.75, 3.05) is 26.9 Å². The van der Waals surface area contributed by atoms with Crippen LogP contribution in [0, 0.1) is 6.92 Å². The molecular weight excluding hydrogens is 336 g/mol.